The predicted octanol–water partition coefficient (Wildman–Crippen LogP) is 4.17. The standard InChI is InChI=1S/C20H27N3O.HI/c1-4-24-19-12-8-9-17(13-19)15-23-20(21-3)22-14-16(2)18-10-6-5-7-11-18;/h5-13,16H,4,14-15H2,1-3H3,(H2,21,22,23);1H. The molecule has 0 saturated carbocycles. The Morgan fingerprint density at radius 2 is 1.84 bits per heavy atom. The van der Waals surface area contributed by atoms with Crippen LogP contribution in [0, 0.1) is 0 Å². The molecular formula is C20H28IN3O. The zero-order chi connectivity index (χ0) is 17.2. The number of aliphatic imine (C=N–C) groups is 1. The van der Waals surface area contributed by atoms with Crippen molar-refractivity contribution in [3.8, 4) is 5.75 Å². The van der Waals surface area contributed by atoms with Crippen molar-refractivity contribution in [1.82, 2.24) is 10.6 Å². The van der Waals surface area contributed by atoms with Gasteiger partial charge in [-0.1, -0.05) is 49.4 Å². The van der Waals surface area contributed by atoms with Crippen LogP contribution >= 0.6 is 24.0 Å². The van der Waals surface area contributed by atoms with Gasteiger partial charge in [-0.3, -0.25) is 4.99 Å². The van der Waals surface area contributed by atoms with Crippen molar-refractivity contribution in [1.29, 1.82) is 0 Å². The summed E-state index contributed by atoms with van der Waals surface area (Å²) in [5.74, 6) is 2.13. The first-order valence-corrected chi connectivity index (χ1v) is 8.44. The second-order valence-electron chi connectivity index (χ2n) is 5.70. The topological polar surface area (TPSA) is 45.6 Å². The third-order valence-corrected chi connectivity index (χ3v) is 3.84. The van der Waals surface area contributed by atoms with E-state index >= 15 is 0 Å². The molecule has 25 heavy (non-hydrogen) atoms. The van der Waals surface area contributed by atoms with Crippen LogP contribution in [0.3, 0.4) is 0 Å². The molecule has 0 radical (unpaired) electrons. The Bertz CT molecular complexity index is 646. The molecule has 0 heterocycles. The fraction of sp³-hybridized carbons (Fsp3) is 0.350. The van der Waals surface area contributed by atoms with E-state index in [2.05, 4.69) is 58.9 Å². The van der Waals surface area contributed by atoms with E-state index in [0.717, 1.165) is 18.3 Å². The van der Waals surface area contributed by atoms with Crippen LogP contribution in [0.25, 0.3) is 0 Å². The highest BCUT2D eigenvalue weighted by atomic mass is 127. The van der Waals surface area contributed by atoms with Crippen LogP contribution in [-0.2, 0) is 6.54 Å². The molecule has 1 unspecified atom stereocenters. The molecule has 2 rings (SSSR count). The molecule has 1 atom stereocenters. The maximum Gasteiger partial charge on any atom is 0.191 e. The number of nitrogens with zero attached hydrogens (tertiary/aromatic N) is 1. The van der Waals surface area contributed by atoms with Gasteiger partial charge in [0.25, 0.3) is 0 Å². The van der Waals surface area contributed by atoms with Crippen LogP contribution in [0.2, 0.25) is 0 Å². The Balaban J connectivity index is 0.00000312. The van der Waals surface area contributed by atoms with Crippen molar-refractivity contribution in [2.24, 2.45) is 4.99 Å². The largest absolute Gasteiger partial charge is 0.494 e. The molecule has 0 saturated heterocycles. The monoisotopic (exact) mass is 453 g/mol. The van der Waals surface area contributed by atoms with Gasteiger partial charge in [0.2, 0.25) is 0 Å². The highest BCUT2D eigenvalue weighted by Gasteiger charge is 2.06. The van der Waals surface area contributed by atoms with E-state index in [4.69, 9.17) is 4.74 Å². The predicted molar refractivity (Wildman–Crippen MR) is 116 cm³/mol. The quantitative estimate of drug-likeness (QED) is 0.376. The number of halogens is 1. The summed E-state index contributed by atoms with van der Waals surface area (Å²) >= 11 is 0. The van der Waals surface area contributed by atoms with Gasteiger partial charge in [-0.05, 0) is 36.1 Å². The third-order valence-electron chi connectivity index (χ3n) is 3.84. The van der Waals surface area contributed by atoms with E-state index in [0.29, 0.717) is 19.1 Å². The molecule has 136 valence electrons. The van der Waals surface area contributed by atoms with Gasteiger partial charge in [-0.2, -0.15) is 0 Å². The van der Waals surface area contributed by atoms with Crippen molar-refractivity contribution in [3.05, 3.63) is 65.7 Å². The fourth-order valence-electron chi connectivity index (χ4n) is 2.47. The summed E-state index contributed by atoms with van der Waals surface area (Å²) in [5, 5.41) is 6.73. The first-order valence-electron chi connectivity index (χ1n) is 8.44. The summed E-state index contributed by atoms with van der Waals surface area (Å²) in [6, 6.07) is 18.6. The summed E-state index contributed by atoms with van der Waals surface area (Å²) in [7, 11) is 1.79. The summed E-state index contributed by atoms with van der Waals surface area (Å²) < 4.78 is 5.53. The lowest BCUT2D eigenvalue weighted by molar-refractivity contribution is 0.340. The van der Waals surface area contributed by atoms with Crippen LogP contribution in [0.5, 0.6) is 5.75 Å². The molecule has 0 bridgehead atoms. The van der Waals surface area contributed by atoms with Crippen LogP contribution in [0.15, 0.2) is 59.6 Å². The minimum Gasteiger partial charge on any atom is -0.494 e. The molecule has 0 aliphatic carbocycles. The van der Waals surface area contributed by atoms with Crippen LogP contribution < -0.4 is 15.4 Å². The van der Waals surface area contributed by atoms with E-state index in [-0.39, 0.29) is 24.0 Å². The molecule has 2 N–H and O–H groups in total. The molecular weight excluding hydrogens is 425 g/mol. The number of rotatable bonds is 7. The number of guanidine groups is 1. The smallest absolute Gasteiger partial charge is 0.191 e. The highest BCUT2D eigenvalue weighted by Crippen LogP contribution is 2.14. The third kappa shape index (κ3) is 7.34. The van der Waals surface area contributed by atoms with E-state index < -0.39 is 0 Å². The summed E-state index contributed by atoms with van der Waals surface area (Å²) in [4.78, 5) is 4.29. The molecule has 0 aromatic heterocycles. The lowest BCUT2D eigenvalue weighted by atomic mass is 10.0. The van der Waals surface area contributed by atoms with Gasteiger partial charge in [-0.15, -0.1) is 24.0 Å². The second-order valence-corrected chi connectivity index (χ2v) is 5.70. The van der Waals surface area contributed by atoms with Gasteiger partial charge in [0.15, 0.2) is 5.96 Å². The minimum atomic E-state index is 0. The van der Waals surface area contributed by atoms with Gasteiger partial charge in [0.1, 0.15) is 5.75 Å². The van der Waals surface area contributed by atoms with E-state index in [1.165, 1.54) is 11.1 Å². The maximum absolute atomic E-state index is 5.53. The molecule has 2 aromatic carbocycles. The fourth-order valence-corrected chi connectivity index (χ4v) is 2.47. The summed E-state index contributed by atoms with van der Waals surface area (Å²) in [6.07, 6.45) is 0. The highest BCUT2D eigenvalue weighted by molar-refractivity contribution is 14.0. The van der Waals surface area contributed by atoms with Crippen molar-refractivity contribution in [2.45, 2.75) is 26.3 Å². The molecule has 0 aliphatic rings. The summed E-state index contributed by atoms with van der Waals surface area (Å²) in [6.45, 7) is 6.42. The van der Waals surface area contributed by atoms with Crippen LogP contribution in [0.1, 0.15) is 30.9 Å². The lowest BCUT2D eigenvalue weighted by Crippen LogP contribution is -2.38. The maximum atomic E-state index is 5.53. The van der Waals surface area contributed by atoms with Gasteiger partial charge >= 0.3 is 0 Å². The van der Waals surface area contributed by atoms with E-state index in [9.17, 15) is 0 Å². The van der Waals surface area contributed by atoms with Crippen molar-refractivity contribution >= 4 is 29.9 Å². The van der Waals surface area contributed by atoms with Gasteiger partial charge in [-0.25, -0.2) is 0 Å². The zero-order valence-corrected chi connectivity index (χ0v) is 17.5. The average Bonchev–Trinajstić information content (AvgIpc) is 2.63. The lowest BCUT2D eigenvalue weighted by Gasteiger charge is -2.16. The normalized spacial score (nSPS) is 12.0. The SMILES string of the molecule is CCOc1cccc(CNC(=NC)NCC(C)c2ccccc2)c1.I. The molecule has 0 amide bonds. The van der Waals surface area contributed by atoms with Gasteiger partial charge in [0, 0.05) is 20.1 Å². The Hall–Kier alpha value is -1.76. The number of hydrogen-bond acceptors (Lipinski definition) is 2. The van der Waals surface area contributed by atoms with Crippen LogP contribution in [-0.4, -0.2) is 26.2 Å². The first kappa shape index (κ1) is 21.3. The molecule has 0 aliphatic heterocycles. The molecule has 4 nitrogen and oxygen atoms in total. The number of nitrogens with one attached hydrogen (secondary N) is 2. The molecule has 0 fully saturated rings. The van der Waals surface area contributed by atoms with Crippen LogP contribution in [0.4, 0.5) is 0 Å². The van der Waals surface area contributed by atoms with E-state index in [1.807, 2.05) is 25.1 Å². The number of hydrogen-bond donors (Lipinski definition) is 2. The Labute approximate surface area is 168 Å². The molecule has 0 spiro atoms. The number of benzene rings is 2. The Morgan fingerprint density at radius 3 is 2.52 bits per heavy atom. The molecule has 2 aromatic rings. The first-order chi connectivity index (χ1) is 11.7. The zero-order valence-electron chi connectivity index (χ0n) is 15.2. The second kappa shape index (κ2) is 11.7. The van der Waals surface area contributed by atoms with Crippen molar-refractivity contribution < 1.29 is 4.74 Å². The minimum absolute atomic E-state index is 0. The summed E-state index contributed by atoms with van der Waals surface area (Å²) in [5.41, 5.74) is 2.49. The Kier molecular flexibility index (Phi) is 9.99. The van der Waals surface area contributed by atoms with Gasteiger partial charge in [0.05, 0.1) is 6.61 Å². The van der Waals surface area contributed by atoms with E-state index in [1.54, 1.807) is 7.05 Å². The average molecular weight is 453 g/mol. The Morgan fingerprint density at radius 1 is 1.08 bits per heavy atom. The van der Waals surface area contributed by atoms with Gasteiger partial charge < -0.3 is 15.4 Å². The number of ether oxygens (including phenoxy) is 1. The van der Waals surface area contributed by atoms with Crippen molar-refractivity contribution in [2.75, 3.05) is 20.2 Å². The molecule has 5 heteroatoms. The van der Waals surface area contributed by atoms with Crippen molar-refractivity contribution in [3.63, 3.8) is 0 Å².